The molecule has 14 nitrogen and oxygen atoms in total. The van der Waals surface area contributed by atoms with Gasteiger partial charge in [0.05, 0.1) is 23.9 Å². The first kappa shape index (κ1) is 39.9. The highest BCUT2D eigenvalue weighted by atomic mass is 32.2. The van der Waals surface area contributed by atoms with Crippen LogP contribution in [0.4, 0.5) is 13.6 Å². The molecular weight excluding hydrogens is 789 g/mol. The summed E-state index contributed by atoms with van der Waals surface area (Å²) in [7, 11) is -2.55. The molecule has 1 spiro atoms. The molecule has 2 aromatic rings. The number of alkyl halides is 2. The number of carbonyl (C=O) groups excluding carboxylic acids is 4. The molecule has 59 heavy (non-hydrogen) atoms. The van der Waals surface area contributed by atoms with Crippen molar-refractivity contribution in [2.24, 2.45) is 17.8 Å². The smallest absolute Gasteiger partial charge is 0.408 e. The minimum Gasteiger partial charge on any atom is -0.497 e. The summed E-state index contributed by atoms with van der Waals surface area (Å²) in [6, 6.07) is 2.61. The van der Waals surface area contributed by atoms with Gasteiger partial charge in [-0.25, -0.2) is 27.0 Å². The summed E-state index contributed by atoms with van der Waals surface area (Å²) in [6.07, 6.45) is 6.79. The first-order valence-electron chi connectivity index (χ1n) is 20.9. The van der Waals surface area contributed by atoms with E-state index in [0.717, 1.165) is 32.1 Å². The Morgan fingerprint density at radius 1 is 1.07 bits per heavy atom. The maximum atomic E-state index is 14.8. The lowest BCUT2D eigenvalue weighted by Crippen LogP contribution is -2.58. The zero-order valence-corrected chi connectivity index (χ0v) is 34.1. The zero-order valence-electron chi connectivity index (χ0n) is 33.3. The monoisotopic (exact) mass is 839 g/mol. The molecule has 9 rings (SSSR count). The number of ether oxygens (including phenoxy) is 3. The lowest BCUT2D eigenvalue weighted by atomic mass is 9.87. The van der Waals surface area contributed by atoms with Crippen molar-refractivity contribution in [2.45, 2.75) is 137 Å². The van der Waals surface area contributed by atoms with E-state index in [1.54, 1.807) is 25.1 Å². The lowest BCUT2D eigenvalue weighted by molar-refractivity contribution is -0.141. The molecule has 17 heteroatoms. The van der Waals surface area contributed by atoms with Gasteiger partial charge in [-0.15, -0.1) is 0 Å². The molecule has 4 amide bonds. The predicted octanol–water partition coefficient (Wildman–Crippen LogP) is 5.13. The predicted molar refractivity (Wildman–Crippen MR) is 209 cm³/mol. The largest absolute Gasteiger partial charge is 0.497 e. The molecule has 318 valence electrons. The van der Waals surface area contributed by atoms with E-state index in [1.807, 2.05) is 12.2 Å². The van der Waals surface area contributed by atoms with Crippen molar-refractivity contribution in [3.8, 4) is 11.5 Å². The van der Waals surface area contributed by atoms with Crippen LogP contribution in [0.15, 0.2) is 30.4 Å². The van der Waals surface area contributed by atoms with Gasteiger partial charge in [-0.2, -0.15) is 0 Å². The molecule has 7 aliphatic rings. The highest BCUT2D eigenvalue weighted by Gasteiger charge is 2.64. The summed E-state index contributed by atoms with van der Waals surface area (Å²) in [4.78, 5) is 62.5. The highest BCUT2D eigenvalue weighted by Crippen LogP contribution is 2.53. The standard InChI is InChI=1S/C42H51F2N5O9S/c1-40(14-15-40)59(54,55)48-38(52)42-20-25(42)8-6-4-3-5-7-9-31(46-39(53)57-27-17-23-16-24(23)18-27)37(51)49-22-41(21-32(49)36(50)47-42)13-12-28-29-19-26(56-2)10-11-30(29)45-33(35(43)44)34(28)58-41/h6,8,10-11,19,23-25,27,31-32,35H,3-5,7,9,12-18,20-22H2,1-2H3,(H,46,53)(H,47,50)(H,48,52)/b8-6-/t23-,24+,25-,27+,31+,32+,41-,42?/m1/s1. The second kappa shape index (κ2) is 14.6. The number of amides is 4. The van der Waals surface area contributed by atoms with Gasteiger partial charge < -0.3 is 29.7 Å². The number of alkyl carbamates (subject to hydrolysis) is 1. The summed E-state index contributed by atoms with van der Waals surface area (Å²) >= 11 is 0. The normalized spacial score (nSPS) is 33.9. The number of aryl methyl sites for hydroxylation is 1. The number of hydrogen-bond donors (Lipinski definition) is 3. The number of pyridine rings is 1. The molecule has 3 N–H and O–H groups in total. The quantitative estimate of drug-likeness (QED) is 0.316. The molecule has 0 bridgehead atoms. The van der Waals surface area contributed by atoms with Crippen molar-refractivity contribution in [3.05, 3.63) is 41.6 Å². The number of fused-ring (bicyclic) bond motifs is 6. The molecule has 1 saturated heterocycles. The Kier molecular flexibility index (Phi) is 9.86. The Balaban J connectivity index is 1.05. The molecule has 1 aromatic carbocycles. The molecule has 3 aliphatic heterocycles. The fourth-order valence-corrected chi connectivity index (χ4v) is 11.2. The number of nitrogens with zero attached hydrogens (tertiary/aromatic N) is 2. The average molecular weight is 840 g/mol. The van der Waals surface area contributed by atoms with Crippen molar-refractivity contribution in [3.63, 3.8) is 0 Å². The summed E-state index contributed by atoms with van der Waals surface area (Å²) in [5.41, 5.74) is -2.64. The third-order valence-electron chi connectivity index (χ3n) is 14.0. The number of halogens is 2. The van der Waals surface area contributed by atoms with Crippen LogP contribution in [0.25, 0.3) is 10.9 Å². The van der Waals surface area contributed by atoms with Crippen molar-refractivity contribution in [2.75, 3.05) is 13.7 Å². The van der Waals surface area contributed by atoms with Crippen LogP contribution in [0.3, 0.4) is 0 Å². The number of benzene rings is 1. The van der Waals surface area contributed by atoms with Crippen LogP contribution in [0.5, 0.6) is 11.5 Å². The van der Waals surface area contributed by atoms with Gasteiger partial charge in [0, 0.05) is 23.3 Å². The molecule has 4 heterocycles. The minimum absolute atomic E-state index is 0.113. The summed E-state index contributed by atoms with van der Waals surface area (Å²) in [6.45, 7) is 1.38. The summed E-state index contributed by atoms with van der Waals surface area (Å²) in [5.74, 6) is -1.12. The lowest BCUT2D eigenvalue weighted by Gasteiger charge is -2.37. The van der Waals surface area contributed by atoms with Crippen LogP contribution < -0.4 is 24.8 Å². The van der Waals surface area contributed by atoms with Gasteiger partial charge in [0.25, 0.3) is 12.3 Å². The summed E-state index contributed by atoms with van der Waals surface area (Å²) < 4.78 is 74.9. The fraction of sp³-hybridized carbons (Fsp3) is 0.643. The molecular formula is C42H51F2N5O9S. The topological polar surface area (TPSA) is 182 Å². The van der Waals surface area contributed by atoms with Crippen molar-refractivity contribution in [1.29, 1.82) is 0 Å². The van der Waals surface area contributed by atoms with E-state index >= 15 is 0 Å². The van der Waals surface area contributed by atoms with Crippen LogP contribution in [0.2, 0.25) is 0 Å². The minimum atomic E-state index is -4.05. The Bertz CT molecular complexity index is 2230. The maximum absolute atomic E-state index is 14.8. The maximum Gasteiger partial charge on any atom is 0.408 e. The molecule has 4 aliphatic carbocycles. The van der Waals surface area contributed by atoms with E-state index in [-0.39, 0.29) is 50.5 Å². The van der Waals surface area contributed by atoms with Gasteiger partial charge in [-0.05, 0) is 108 Å². The number of methoxy groups -OCH3 is 1. The van der Waals surface area contributed by atoms with Gasteiger partial charge in [-0.3, -0.25) is 19.1 Å². The molecule has 8 atom stereocenters. The van der Waals surface area contributed by atoms with E-state index in [9.17, 15) is 36.4 Å². The van der Waals surface area contributed by atoms with E-state index in [2.05, 4.69) is 20.3 Å². The van der Waals surface area contributed by atoms with Gasteiger partial charge in [0.15, 0.2) is 5.75 Å². The van der Waals surface area contributed by atoms with Crippen molar-refractivity contribution in [1.82, 2.24) is 25.2 Å². The second-order valence-corrected chi connectivity index (χ2v) is 20.3. The molecule has 4 saturated carbocycles. The molecule has 1 aromatic heterocycles. The fourth-order valence-electron chi connectivity index (χ4n) is 9.89. The number of nitrogens with one attached hydrogen (secondary N) is 3. The van der Waals surface area contributed by atoms with Gasteiger partial charge in [0.2, 0.25) is 21.8 Å². The molecule has 5 fully saturated rings. The van der Waals surface area contributed by atoms with Gasteiger partial charge in [-0.1, -0.05) is 25.0 Å². The van der Waals surface area contributed by atoms with Gasteiger partial charge >= 0.3 is 6.09 Å². The van der Waals surface area contributed by atoms with Crippen molar-refractivity contribution >= 4 is 44.7 Å². The number of aromatic nitrogens is 1. The third-order valence-corrected chi connectivity index (χ3v) is 16.2. The zero-order chi connectivity index (χ0) is 41.5. The first-order chi connectivity index (χ1) is 28.1. The molecule has 1 unspecified atom stereocenters. The van der Waals surface area contributed by atoms with Crippen LogP contribution in [-0.2, 0) is 35.6 Å². The van der Waals surface area contributed by atoms with Crippen LogP contribution in [0, 0.1) is 17.8 Å². The number of hydrogen-bond acceptors (Lipinski definition) is 10. The van der Waals surface area contributed by atoms with Crippen molar-refractivity contribution < 1.29 is 50.6 Å². The Hall–Kier alpha value is -4.54. The number of sulfonamides is 1. The Labute approximate surface area is 341 Å². The highest BCUT2D eigenvalue weighted by molar-refractivity contribution is 7.91. The van der Waals surface area contributed by atoms with Crippen LogP contribution >= 0.6 is 0 Å². The van der Waals surface area contributed by atoms with Crippen LogP contribution in [-0.4, -0.2) is 89.8 Å². The van der Waals surface area contributed by atoms with E-state index in [4.69, 9.17) is 14.2 Å². The van der Waals surface area contributed by atoms with Gasteiger partial charge in [0.1, 0.15) is 40.8 Å². The second-order valence-electron chi connectivity index (χ2n) is 18.1. The average Bonchev–Trinajstić information content (AvgIpc) is 4.16. The number of carbonyl (C=O) groups is 4. The van der Waals surface area contributed by atoms with Crippen LogP contribution in [0.1, 0.15) is 108 Å². The van der Waals surface area contributed by atoms with E-state index in [0.29, 0.717) is 59.7 Å². The number of rotatable bonds is 7. The third kappa shape index (κ3) is 7.38. The van der Waals surface area contributed by atoms with E-state index in [1.165, 1.54) is 12.0 Å². The molecule has 0 radical (unpaired) electrons. The SMILES string of the molecule is COc1ccc2nc(C(F)F)c3c(c2c1)CC[C@]1(C[C@H]2C(=O)NC4(C(=O)NS(=O)(=O)C5(C)CC5)C[C@H]4/C=C\CCCCC[C@H](NC(=O)O[C@@H]4C[C@@H]5C[C@@H]5C4)C(=O)N2C1)O3. The van der Waals surface area contributed by atoms with E-state index < -0.39 is 79.8 Å². The number of allylic oxidation sites excluding steroid dienone is 1. The Morgan fingerprint density at radius 3 is 2.58 bits per heavy atom. The Morgan fingerprint density at radius 2 is 1.85 bits per heavy atom. The first-order valence-corrected chi connectivity index (χ1v) is 22.4. The summed E-state index contributed by atoms with van der Waals surface area (Å²) in [5, 5.41) is 6.26.